The van der Waals surface area contributed by atoms with E-state index in [1.165, 1.54) is 5.56 Å². The second-order valence-corrected chi connectivity index (χ2v) is 7.29. The van der Waals surface area contributed by atoms with Crippen molar-refractivity contribution in [2.75, 3.05) is 58.4 Å². The summed E-state index contributed by atoms with van der Waals surface area (Å²) in [6, 6.07) is 4.10. The molecule has 1 aromatic heterocycles. The molecule has 0 spiro atoms. The van der Waals surface area contributed by atoms with Gasteiger partial charge in [0.1, 0.15) is 5.82 Å². The topological polar surface area (TPSA) is 82.1 Å². The van der Waals surface area contributed by atoms with E-state index in [1.54, 1.807) is 7.05 Å². The summed E-state index contributed by atoms with van der Waals surface area (Å²) in [5.41, 5.74) is 1.17. The van der Waals surface area contributed by atoms with Gasteiger partial charge in [-0.25, -0.2) is 4.98 Å². The van der Waals surface area contributed by atoms with Crippen LogP contribution in [0.1, 0.15) is 24.8 Å². The highest BCUT2D eigenvalue weighted by atomic mass is 127. The third-order valence-corrected chi connectivity index (χ3v) is 5.49. The number of ether oxygens (including phenoxy) is 1. The zero-order valence-corrected chi connectivity index (χ0v) is 19.7. The standard InChI is InChI=1S/C20H32N6O2.HI/c1-21-18(27)14-16-5-8-26(9-6-16)20(22-2)24-15-17-4-3-7-23-19(17)25-10-12-28-13-11-25;/h3-4,7,16H,5-6,8-15H2,1-2H3,(H,21,27)(H,22,24);1H. The monoisotopic (exact) mass is 516 g/mol. The highest BCUT2D eigenvalue weighted by molar-refractivity contribution is 14.0. The first kappa shape index (κ1) is 23.7. The van der Waals surface area contributed by atoms with Crippen LogP contribution in [-0.2, 0) is 16.1 Å². The van der Waals surface area contributed by atoms with Crippen LogP contribution in [0.5, 0.6) is 0 Å². The number of hydrogen-bond acceptors (Lipinski definition) is 5. The van der Waals surface area contributed by atoms with Crippen molar-refractivity contribution in [2.45, 2.75) is 25.8 Å². The van der Waals surface area contributed by atoms with Gasteiger partial charge in [-0.3, -0.25) is 9.79 Å². The molecule has 29 heavy (non-hydrogen) atoms. The molecule has 0 atom stereocenters. The molecule has 2 N–H and O–H groups in total. The van der Waals surface area contributed by atoms with Crippen LogP contribution in [0.15, 0.2) is 23.3 Å². The van der Waals surface area contributed by atoms with E-state index < -0.39 is 0 Å². The quantitative estimate of drug-likeness (QED) is 0.351. The zero-order chi connectivity index (χ0) is 19.8. The van der Waals surface area contributed by atoms with Crippen molar-refractivity contribution in [3.63, 3.8) is 0 Å². The van der Waals surface area contributed by atoms with Gasteiger partial charge in [0.15, 0.2) is 5.96 Å². The lowest BCUT2D eigenvalue weighted by Crippen LogP contribution is -2.46. The highest BCUT2D eigenvalue weighted by Gasteiger charge is 2.23. The number of nitrogens with one attached hydrogen (secondary N) is 2. The van der Waals surface area contributed by atoms with Crippen molar-refractivity contribution in [2.24, 2.45) is 10.9 Å². The van der Waals surface area contributed by atoms with Gasteiger partial charge >= 0.3 is 0 Å². The lowest BCUT2D eigenvalue weighted by atomic mass is 9.93. The number of likely N-dealkylation sites (tertiary alicyclic amines) is 1. The van der Waals surface area contributed by atoms with Crippen molar-refractivity contribution < 1.29 is 9.53 Å². The Labute approximate surface area is 190 Å². The molecular formula is C20H33IN6O2. The van der Waals surface area contributed by atoms with Crippen LogP contribution in [0.25, 0.3) is 0 Å². The maximum atomic E-state index is 11.6. The molecule has 1 aromatic rings. The molecule has 9 heteroatoms. The lowest BCUT2D eigenvalue weighted by Gasteiger charge is -2.34. The van der Waals surface area contributed by atoms with Crippen molar-refractivity contribution in [3.05, 3.63) is 23.9 Å². The molecule has 3 rings (SSSR count). The summed E-state index contributed by atoms with van der Waals surface area (Å²) in [5, 5.41) is 6.22. The van der Waals surface area contributed by atoms with Gasteiger partial charge in [0.25, 0.3) is 0 Å². The maximum absolute atomic E-state index is 11.6. The lowest BCUT2D eigenvalue weighted by molar-refractivity contribution is -0.121. The summed E-state index contributed by atoms with van der Waals surface area (Å²) in [5.74, 6) is 2.53. The number of carbonyl (C=O) groups is 1. The van der Waals surface area contributed by atoms with E-state index in [2.05, 4.69) is 36.5 Å². The molecular weight excluding hydrogens is 483 g/mol. The minimum Gasteiger partial charge on any atom is -0.378 e. The average Bonchev–Trinajstić information content (AvgIpc) is 2.76. The Bertz CT molecular complexity index is 673. The van der Waals surface area contributed by atoms with E-state index in [9.17, 15) is 4.79 Å². The number of nitrogens with zero attached hydrogens (tertiary/aromatic N) is 4. The molecule has 0 radical (unpaired) electrons. The first-order valence-corrected chi connectivity index (χ1v) is 10.1. The Hall–Kier alpha value is -1.62. The fourth-order valence-corrected chi connectivity index (χ4v) is 3.85. The number of piperidine rings is 1. The summed E-state index contributed by atoms with van der Waals surface area (Å²) >= 11 is 0. The SMILES string of the molecule is CN=C(NCc1cccnc1N1CCOCC1)N1CCC(CC(=O)NC)CC1.I. The molecule has 0 unspecified atom stereocenters. The molecule has 0 aromatic carbocycles. The molecule has 1 amide bonds. The van der Waals surface area contributed by atoms with E-state index >= 15 is 0 Å². The van der Waals surface area contributed by atoms with E-state index in [4.69, 9.17) is 4.74 Å². The summed E-state index contributed by atoms with van der Waals surface area (Å²) in [4.78, 5) is 25.2. The molecule has 2 aliphatic heterocycles. The molecule has 0 aliphatic carbocycles. The summed E-state index contributed by atoms with van der Waals surface area (Å²) in [6.45, 7) is 5.77. The van der Waals surface area contributed by atoms with E-state index in [0.717, 1.165) is 64.0 Å². The number of rotatable bonds is 5. The fourth-order valence-electron chi connectivity index (χ4n) is 3.85. The number of hydrogen-bond donors (Lipinski definition) is 2. The predicted molar refractivity (Wildman–Crippen MR) is 126 cm³/mol. The fraction of sp³-hybridized carbons (Fsp3) is 0.650. The van der Waals surface area contributed by atoms with Crippen LogP contribution in [0.4, 0.5) is 5.82 Å². The number of aromatic nitrogens is 1. The number of guanidine groups is 1. The third kappa shape index (κ3) is 6.70. The molecule has 162 valence electrons. The van der Waals surface area contributed by atoms with Crippen LogP contribution in [0.2, 0.25) is 0 Å². The van der Waals surface area contributed by atoms with Crippen molar-refractivity contribution in [3.8, 4) is 0 Å². The number of halogens is 1. The molecule has 2 saturated heterocycles. The Balaban J connectivity index is 0.00000300. The van der Waals surface area contributed by atoms with Gasteiger partial charge in [0.2, 0.25) is 5.91 Å². The van der Waals surface area contributed by atoms with Gasteiger partial charge in [-0.15, -0.1) is 24.0 Å². The maximum Gasteiger partial charge on any atom is 0.220 e. The highest BCUT2D eigenvalue weighted by Crippen LogP contribution is 2.21. The van der Waals surface area contributed by atoms with Gasteiger partial charge in [-0.2, -0.15) is 0 Å². The van der Waals surface area contributed by atoms with Crippen LogP contribution in [-0.4, -0.2) is 75.2 Å². The third-order valence-electron chi connectivity index (χ3n) is 5.49. The largest absolute Gasteiger partial charge is 0.378 e. The Morgan fingerprint density at radius 3 is 2.66 bits per heavy atom. The Morgan fingerprint density at radius 2 is 2.00 bits per heavy atom. The van der Waals surface area contributed by atoms with Crippen molar-refractivity contribution in [1.29, 1.82) is 0 Å². The Morgan fingerprint density at radius 1 is 1.28 bits per heavy atom. The number of amides is 1. The number of carbonyl (C=O) groups excluding carboxylic acids is 1. The second kappa shape index (κ2) is 12.2. The molecule has 0 bridgehead atoms. The summed E-state index contributed by atoms with van der Waals surface area (Å²) < 4.78 is 5.46. The van der Waals surface area contributed by atoms with E-state index in [0.29, 0.717) is 18.9 Å². The Kier molecular flexibility index (Phi) is 9.92. The first-order valence-electron chi connectivity index (χ1n) is 10.1. The summed E-state index contributed by atoms with van der Waals surface area (Å²) in [6.07, 6.45) is 4.50. The second-order valence-electron chi connectivity index (χ2n) is 7.29. The number of anilines is 1. The normalized spacial score (nSPS) is 18.2. The van der Waals surface area contributed by atoms with E-state index in [-0.39, 0.29) is 29.9 Å². The minimum absolute atomic E-state index is 0. The van der Waals surface area contributed by atoms with Gasteiger partial charge in [-0.05, 0) is 24.8 Å². The van der Waals surface area contributed by atoms with Crippen LogP contribution < -0.4 is 15.5 Å². The van der Waals surface area contributed by atoms with E-state index in [1.807, 2.05) is 19.3 Å². The molecule has 2 aliphatic rings. The zero-order valence-electron chi connectivity index (χ0n) is 17.4. The van der Waals surface area contributed by atoms with Gasteiger partial charge < -0.3 is 25.2 Å². The first-order chi connectivity index (χ1) is 13.7. The number of pyridine rings is 1. The smallest absolute Gasteiger partial charge is 0.220 e. The van der Waals surface area contributed by atoms with Gasteiger partial charge in [0, 0.05) is 65.0 Å². The van der Waals surface area contributed by atoms with Crippen molar-refractivity contribution in [1.82, 2.24) is 20.5 Å². The van der Waals surface area contributed by atoms with Crippen LogP contribution in [0, 0.1) is 5.92 Å². The number of morpholine rings is 1. The summed E-state index contributed by atoms with van der Waals surface area (Å²) in [7, 11) is 3.53. The molecule has 3 heterocycles. The predicted octanol–water partition coefficient (Wildman–Crippen LogP) is 1.46. The van der Waals surface area contributed by atoms with Gasteiger partial charge in [-0.1, -0.05) is 6.07 Å². The molecule has 0 saturated carbocycles. The average molecular weight is 516 g/mol. The minimum atomic E-state index is 0. The molecule has 8 nitrogen and oxygen atoms in total. The number of aliphatic imine (C=N–C) groups is 1. The van der Waals surface area contributed by atoms with Crippen molar-refractivity contribution >= 4 is 41.7 Å². The molecule has 2 fully saturated rings. The van der Waals surface area contributed by atoms with Crippen LogP contribution in [0.3, 0.4) is 0 Å². The van der Waals surface area contributed by atoms with Gasteiger partial charge in [0.05, 0.1) is 13.2 Å². The van der Waals surface area contributed by atoms with Crippen LogP contribution >= 0.6 is 24.0 Å².